The van der Waals surface area contributed by atoms with Gasteiger partial charge in [0.05, 0.1) is 6.04 Å². The Labute approximate surface area is 161 Å². The number of carbonyl (C=O) groups is 2. The number of fused-ring (bicyclic) bond motifs is 1. The first kappa shape index (κ1) is 19.4. The predicted molar refractivity (Wildman–Crippen MR) is 106 cm³/mol. The second kappa shape index (κ2) is 7.72. The summed E-state index contributed by atoms with van der Waals surface area (Å²) in [6.45, 7) is 5.74. The first-order valence-corrected chi connectivity index (χ1v) is 8.92. The first-order valence-electron chi connectivity index (χ1n) is 8.92. The van der Waals surface area contributed by atoms with E-state index in [1.54, 1.807) is 24.3 Å². The molecule has 0 radical (unpaired) electrons. The van der Waals surface area contributed by atoms with Gasteiger partial charge in [0.15, 0.2) is 0 Å². The number of nitrogens with two attached hydrogens (primary N) is 1. The second-order valence-electron chi connectivity index (χ2n) is 7.00. The van der Waals surface area contributed by atoms with Crippen LogP contribution in [0.5, 0.6) is 0 Å². The van der Waals surface area contributed by atoms with Crippen molar-refractivity contribution in [2.75, 3.05) is 5.32 Å². The lowest BCUT2D eigenvalue weighted by atomic mass is 9.98. The van der Waals surface area contributed by atoms with Crippen molar-refractivity contribution in [3.8, 4) is 0 Å². The van der Waals surface area contributed by atoms with Gasteiger partial charge >= 0.3 is 6.03 Å². The van der Waals surface area contributed by atoms with Gasteiger partial charge in [-0.3, -0.25) is 4.79 Å². The van der Waals surface area contributed by atoms with E-state index in [0.717, 1.165) is 5.56 Å². The number of benzene rings is 2. The van der Waals surface area contributed by atoms with E-state index in [9.17, 15) is 14.0 Å². The lowest BCUT2D eigenvalue weighted by Crippen LogP contribution is -2.35. The lowest BCUT2D eigenvalue weighted by molar-refractivity contribution is 0.1000. The maximum Gasteiger partial charge on any atom is 0.319 e. The third-order valence-electron chi connectivity index (χ3n) is 4.58. The average Bonchev–Trinajstić information content (AvgIpc) is 2.95. The van der Waals surface area contributed by atoms with Crippen molar-refractivity contribution >= 4 is 28.6 Å². The van der Waals surface area contributed by atoms with Crippen LogP contribution in [0.25, 0.3) is 11.0 Å². The third kappa shape index (κ3) is 3.98. The number of hydrogen-bond donors (Lipinski definition) is 3. The number of aryl methyl sites for hydroxylation is 1. The first-order chi connectivity index (χ1) is 13.3. The van der Waals surface area contributed by atoms with Crippen LogP contribution in [0.15, 0.2) is 46.9 Å². The molecule has 3 amide bonds. The summed E-state index contributed by atoms with van der Waals surface area (Å²) in [6, 6.07) is 9.82. The van der Waals surface area contributed by atoms with E-state index < -0.39 is 18.0 Å². The molecular weight excluding hydrogens is 361 g/mol. The van der Waals surface area contributed by atoms with E-state index in [-0.39, 0.29) is 11.7 Å². The number of hydrogen-bond acceptors (Lipinski definition) is 3. The molecule has 0 spiro atoms. The summed E-state index contributed by atoms with van der Waals surface area (Å²) in [6.07, 6.45) is 0. The number of anilines is 1. The molecule has 0 saturated heterocycles. The molecule has 0 aliphatic carbocycles. The quantitative estimate of drug-likeness (QED) is 0.605. The number of primary amides is 1. The van der Waals surface area contributed by atoms with Gasteiger partial charge in [0.25, 0.3) is 0 Å². The van der Waals surface area contributed by atoms with Gasteiger partial charge in [-0.2, -0.15) is 0 Å². The molecule has 3 rings (SSSR count). The zero-order valence-electron chi connectivity index (χ0n) is 15.9. The average molecular weight is 383 g/mol. The molecule has 6 nitrogen and oxygen atoms in total. The Hall–Kier alpha value is -3.35. The van der Waals surface area contributed by atoms with Crippen molar-refractivity contribution < 1.29 is 18.4 Å². The summed E-state index contributed by atoms with van der Waals surface area (Å²) < 4.78 is 19.5. The molecule has 28 heavy (non-hydrogen) atoms. The van der Waals surface area contributed by atoms with E-state index in [2.05, 4.69) is 10.6 Å². The number of urea groups is 1. The molecule has 2 aromatic carbocycles. The zero-order chi connectivity index (χ0) is 20.4. The fraction of sp³-hybridized carbons (Fsp3) is 0.238. The minimum atomic E-state index is -0.575. The van der Waals surface area contributed by atoms with Crippen molar-refractivity contribution in [1.29, 1.82) is 0 Å². The van der Waals surface area contributed by atoms with Crippen molar-refractivity contribution in [2.24, 2.45) is 11.7 Å². The van der Waals surface area contributed by atoms with Gasteiger partial charge in [-0.15, -0.1) is 0 Å². The van der Waals surface area contributed by atoms with Crippen molar-refractivity contribution in [1.82, 2.24) is 5.32 Å². The van der Waals surface area contributed by atoms with Crippen LogP contribution in [-0.2, 0) is 0 Å². The summed E-state index contributed by atoms with van der Waals surface area (Å²) in [7, 11) is 0. The van der Waals surface area contributed by atoms with Gasteiger partial charge in [-0.1, -0.05) is 19.9 Å². The van der Waals surface area contributed by atoms with E-state index in [4.69, 9.17) is 10.2 Å². The summed E-state index contributed by atoms with van der Waals surface area (Å²) in [5.41, 5.74) is 7.36. The molecule has 0 saturated carbocycles. The summed E-state index contributed by atoms with van der Waals surface area (Å²) in [4.78, 5) is 23.8. The summed E-state index contributed by atoms with van der Waals surface area (Å²) >= 11 is 0. The number of carbonyl (C=O) groups excluding carboxylic acids is 2. The van der Waals surface area contributed by atoms with Gasteiger partial charge in [0, 0.05) is 22.2 Å². The van der Waals surface area contributed by atoms with Crippen LogP contribution in [0, 0.1) is 18.7 Å². The Morgan fingerprint density at radius 1 is 1.14 bits per heavy atom. The van der Waals surface area contributed by atoms with E-state index >= 15 is 0 Å². The SMILES string of the molecule is Cc1c([C@H](NC(=O)Nc2cccc(C(N)=O)c2)C(C)C)oc2ccc(F)cc12. The van der Waals surface area contributed by atoms with Crippen LogP contribution in [0.3, 0.4) is 0 Å². The van der Waals surface area contributed by atoms with E-state index in [1.807, 2.05) is 20.8 Å². The van der Waals surface area contributed by atoms with Crippen LogP contribution >= 0.6 is 0 Å². The van der Waals surface area contributed by atoms with Gasteiger partial charge in [0.1, 0.15) is 17.2 Å². The number of furan rings is 1. The molecule has 3 aromatic rings. The molecule has 1 aromatic heterocycles. The molecule has 0 bridgehead atoms. The Kier molecular flexibility index (Phi) is 5.35. The highest BCUT2D eigenvalue weighted by Gasteiger charge is 2.25. The Balaban J connectivity index is 1.84. The van der Waals surface area contributed by atoms with Gasteiger partial charge in [-0.25, -0.2) is 9.18 Å². The Morgan fingerprint density at radius 3 is 2.57 bits per heavy atom. The molecule has 7 heteroatoms. The fourth-order valence-electron chi connectivity index (χ4n) is 3.10. The smallest absolute Gasteiger partial charge is 0.319 e. The molecule has 1 atom stereocenters. The molecular formula is C21H22FN3O3. The van der Waals surface area contributed by atoms with Crippen molar-refractivity contribution in [2.45, 2.75) is 26.8 Å². The number of amides is 3. The molecule has 0 fully saturated rings. The van der Waals surface area contributed by atoms with Crippen LogP contribution < -0.4 is 16.4 Å². The molecule has 4 N–H and O–H groups in total. The van der Waals surface area contributed by atoms with Crippen LogP contribution in [-0.4, -0.2) is 11.9 Å². The van der Waals surface area contributed by atoms with Gasteiger partial charge in [-0.05, 0) is 49.2 Å². The molecule has 0 aliphatic heterocycles. The van der Waals surface area contributed by atoms with Crippen LogP contribution in [0.1, 0.15) is 41.6 Å². The molecule has 0 unspecified atom stereocenters. The number of halogens is 1. The second-order valence-corrected chi connectivity index (χ2v) is 7.00. The minimum Gasteiger partial charge on any atom is -0.459 e. The zero-order valence-corrected chi connectivity index (χ0v) is 15.9. The van der Waals surface area contributed by atoms with Gasteiger partial charge in [0.2, 0.25) is 5.91 Å². The third-order valence-corrected chi connectivity index (χ3v) is 4.58. The van der Waals surface area contributed by atoms with Gasteiger partial charge < -0.3 is 20.8 Å². The summed E-state index contributed by atoms with van der Waals surface area (Å²) in [5, 5.41) is 6.27. The molecule has 1 heterocycles. The fourth-order valence-corrected chi connectivity index (χ4v) is 3.10. The lowest BCUT2D eigenvalue weighted by Gasteiger charge is -2.21. The van der Waals surface area contributed by atoms with Crippen LogP contribution in [0.4, 0.5) is 14.9 Å². The summed E-state index contributed by atoms with van der Waals surface area (Å²) in [5.74, 6) is -0.318. The van der Waals surface area contributed by atoms with E-state index in [1.165, 1.54) is 18.2 Å². The number of nitrogens with one attached hydrogen (secondary N) is 2. The highest BCUT2D eigenvalue weighted by molar-refractivity contribution is 5.96. The highest BCUT2D eigenvalue weighted by Crippen LogP contribution is 2.33. The van der Waals surface area contributed by atoms with Crippen molar-refractivity contribution in [3.05, 3.63) is 65.2 Å². The molecule has 0 aliphatic rings. The molecule has 146 valence electrons. The predicted octanol–water partition coefficient (Wildman–Crippen LogP) is 4.50. The Morgan fingerprint density at radius 2 is 1.89 bits per heavy atom. The largest absolute Gasteiger partial charge is 0.459 e. The monoisotopic (exact) mass is 383 g/mol. The topological polar surface area (TPSA) is 97.4 Å². The number of rotatable bonds is 5. The maximum absolute atomic E-state index is 13.6. The maximum atomic E-state index is 13.6. The van der Waals surface area contributed by atoms with Crippen molar-refractivity contribution in [3.63, 3.8) is 0 Å². The minimum absolute atomic E-state index is 0.0202. The Bertz CT molecular complexity index is 1040. The van der Waals surface area contributed by atoms with Crippen LogP contribution in [0.2, 0.25) is 0 Å². The highest BCUT2D eigenvalue weighted by atomic mass is 19.1. The van der Waals surface area contributed by atoms with E-state index in [0.29, 0.717) is 28.0 Å². The standard InChI is InChI=1S/C21H22FN3O3/c1-11(2)18(19-12(3)16-10-14(22)7-8-17(16)28-19)25-21(27)24-15-6-4-5-13(9-15)20(23)26/h4-11,18H,1-3H3,(H2,23,26)(H2,24,25,27)/t18-/m1/s1. The normalized spacial score (nSPS) is 12.2.